The van der Waals surface area contributed by atoms with E-state index in [0.717, 1.165) is 43.4 Å². The summed E-state index contributed by atoms with van der Waals surface area (Å²) in [6.07, 6.45) is 0.770. The van der Waals surface area contributed by atoms with Crippen LogP contribution in [0.3, 0.4) is 0 Å². The summed E-state index contributed by atoms with van der Waals surface area (Å²) < 4.78 is 29.6. The molecule has 0 bridgehead atoms. The van der Waals surface area contributed by atoms with Crippen LogP contribution in [0.1, 0.15) is 17.2 Å². The van der Waals surface area contributed by atoms with E-state index in [1.54, 1.807) is 30.3 Å². The van der Waals surface area contributed by atoms with Crippen LogP contribution in [0.2, 0.25) is 5.02 Å². The van der Waals surface area contributed by atoms with Gasteiger partial charge in [-0.2, -0.15) is 0 Å². The molecule has 0 radical (unpaired) electrons. The van der Waals surface area contributed by atoms with Gasteiger partial charge in [0.2, 0.25) is 10.0 Å². The van der Waals surface area contributed by atoms with Gasteiger partial charge in [-0.3, -0.25) is 4.90 Å². The highest BCUT2D eigenvalue weighted by molar-refractivity contribution is 7.89. The van der Waals surface area contributed by atoms with Gasteiger partial charge < -0.3 is 4.57 Å². The van der Waals surface area contributed by atoms with Crippen molar-refractivity contribution in [2.75, 3.05) is 13.1 Å². The molecule has 1 N–H and O–H groups in total. The Kier molecular flexibility index (Phi) is 5.96. The molecular weight excluding hydrogens is 410 g/mol. The van der Waals surface area contributed by atoms with Crippen molar-refractivity contribution in [3.05, 3.63) is 76.8 Å². The number of hydrogen-bond donors (Lipinski definition) is 1. The standard InChI is InChI=1S/C20H22ClN5O2S/c21-17-8-6-16(7-9-17)15-25-11-10-19-23-24-20(26(19)13-12-25)14-22-29(27,28)18-4-2-1-3-5-18/h1-9,22H,10-15H2. The van der Waals surface area contributed by atoms with Gasteiger partial charge in [-0.25, -0.2) is 13.1 Å². The number of nitrogens with zero attached hydrogens (tertiary/aromatic N) is 4. The van der Waals surface area contributed by atoms with Gasteiger partial charge in [0.15, 0.2) is 0 Å². The lowest BCUT2D eigenvalue weighted by molar-refractivity contribution is 0.270. The molecule has 1 aliphatic rings. The van der Waals surface area contributed by atoms with Gasteiger partial charge in [0, 0.05) is 37.6 Å². The molecule has 1 aromatic heterocycles. The summed E-state index contributed by atoms with van der Waals surface area (Å²) in [6, 6.07) is 16.2. The van der Waals surface area contributed by atoms with Gasteiger partial charge in [-0.15, -0.1) is 10.2 Å². The average Bonchev–Trinajstić information content (AvgIpc) is 3.01. The van der Waals surface area contributed by atoms with Crippen LogP contribution in [0.4, 0.5) is 0 Å². The Balaban J connectivity index is 1.40. The van der Waals surface area contributed by atoms with Gasteiger partial charge in [0.1, 0.15) is 11.6 Å². The number of hydrogen-bond acceptors (Lipinski definition) is 5. The fourth-order valence-electron chi connectivity index (χ4n) is 3.41. The highest BCUT2D eigenvalue weighted by atomic mass is 35.5. The molecule has 0 unspecified atom stereocenters. The number of halogens is 1. The molecule has 0 fully saturated rings. The Bertz CT molecular complexity index is 1070. The summed E-state index contributed by atoms with van der Waals surface area (Å²) in [7, 11) is -3.58. The Labute approximate surface area is 175 Å². The Morgan fingerprint density at radius 1 is 0.966 bits per heavy atom. The van der Waals surface area contributed by atoms with Crippen LogP contribution in [0.15, 0.2) is 59.5 Å². The topological polar surface area (TPSA) is 80.1 Å². The number of rotatable bonds is 6. The summed E-state index contributed by atoms with van der Waals surface area (Å²) in [5, 5.41) is 9.22. The summed E-state index contributed by atoms with van der Waals surface area (Å²) in [5.74, 6) is 1.52. The minimum absolute atomic E-state index is 0.113. The fraction of sp³-hybridized carbons (Fsp3) is 0.300. The van der Waals surface area contributed by atoms with Crippen molar-refractivity contribution >= 4 is 21.6 Å². The second-order valence-corrected chi connectivity index (χ2v) is 9.18. The maximum absolute atomic E-state index is 12.5. The van der Waals surface area contributed by atoms with Crippen molar-refractivity contribution in [2.24, 2.45) is 0 Å². The van der Waals surface area contributed by atoms with Crippen molar-refractivity contribution in [1.82, 2.24) is 24.4 Å². The molecule has 4 rings (SSSR count). The van der Waals surface area contributed by atoms with Gasteiger partial charge in [-0.1, -0.05) is 41.9 Å². The van der Waals surface area contributed by atoms with Crippen molar-refractivity contribution in [3.8, 4) is 0 Å². The molecule has 1 aliphatic heterocycles. The van der Waals surface area contributed by atoms with Crippen molar-refractivity contribution in [1.29, 1.82) is 0 Å². The van der Waals surface area contributed by atoms with Crippen LogP contribution in [-0.4, -0.2) is 41.2 Å². The fourth-order valence-corrected chi connectivity index (χ4v) is 4.53. The molecule has 0 amide bonds. The second kappa shape index (κ2) is 8.62. The van der Waals surface area contributed by atoms with Crippen LogP contribution in [0.25, 0.3) is 0 Å². The normalized spacial score (nSPS) is 15.1. The van der Waals surface area contributed by atoms with Crippen LogP contribution in [0, 0.1) is 0 Å². The first kappa shape index (κ1) is 20.0. The van der Waals surface area contributed by atoms with Gasteiger partial charge in [-0.05, 0) is 29.8 Å². The molecule has 2 heterocycles. The quantitative estimate of drug-likeness (QED) is 0.648. The Morgan fingerprint density at radius 3 is 2.48 bits per heavy atom. The van der Waals surface area contributed by atoms with Crippen LogP contribution in [-0.2, 0) is 36.1 Å². The average molecular weight is 432 g/mol. The van der Waals surface area contributed by atoms with Crippen LogP contribution >= 0.6 is 11.6 Å². The van der Waals surface area contributed by atoms with E-state index >= 15 is 0 Å². The minimum atomic E-state index is -3.58. The number of benzene rings is 2. The number of fused-ring (bicyclic) bond motifs is 1. The van der Waals surface area contributed by atoms with Crippen molar-refractivity contribution in [2.45, 2.75) is 31.0 Å². The highest BCUT2D eigenvalue weighted by Crippen LogP contribution is 2.15. The molecule has 2 aromatic carbocycles. The van der Waals surface area contributed by atoms with E-state index < -0.39 is 10.0 Å². The lowest BCUT2D eigenvalue weighted by Crippen LogP contribution is -2.28. The SMILES string of the molecule is O=S(=O)(NCc1nnc2n1CCN(Cc1ccc(Cl)cc1)CC2)c1ccccc1. The predicted octanol–water partition coefficient (Wildman–Crippen LogP) is 2.47. The van der Waals surface area contributed by atoms with Gasteiger partial charge >= 0.3 is 0 Å². The Morgan fingerprint density at radius 2 is 1.72 bits per heavy atom. The van der Waals surface area contributed by atoms with Crippen LogP contribution < -0.4 is 4.72 Å². The third-order valence-electron chi connectivity index (χ3n) is 4.99. The molecule has 0 saturated heterocycles. The lowest BCUT2D eigenvalue weighted by Gasteiger charge is -2.19. The number of aromatic nitrogens is 3. The predicted molar refractivity (Wildman–Crippen MR) is 111 cm³/mol. The van der Waals surface area contributed by atoms with Crippen molar-refractivity contribution < 1.29 is 8.42 Å². The largest absolute Gasteiger partial charge is 0.313 e. The van der Waals surface area contributed by atoms with E-state index in [1.807, 2.05) is 28.8 Å². The van der Waals surface area contributed by atoms with Crippen molar-refractivity contribution in [3.63, 3.8) is 0 Å². The third kappa shape index (κ3) is 4.84. The zero-order valence-electron chi connectivity index (χ0n) is 15.8. The smallest absolute Gasteiger partial charge is 0.240 e. The van der Waals surface area contributed by atoms with E-state index in [1.165, 1.54) is 5.56 Å². The zero-order chi connectivity index (χ0) is 20.3. The van der Waals surface area contributed by atoms with E-state index in [-0.39, 0.29) is 11.4 Å². The summed E-state index contributed by atoms with van der Waals surface area (Å²) in [4.78, 5) is 2.60. The molecule has 0 atom stereocenters. The molecule has 0 spiro atoms. The molecule has 0 aliphatic carbocycles. The summed E-state index contributed by atoms with van der Waals surface area (Å²) in [5.41, 5.74) is 1.21. The minimum Gasteiger partial charge on any atom is -0.313 e. The van der Waals surface area contributed by atoms with E-state index in [0.29, 0.717) is 5.82 Å². The lowest BCUT2D eigenvalue weighted by atomic mass is 10.2. The molecular formula is C20H22ClN5O2S. The molecule has 9 heteroatoms. The first-order chi connectivity index (χ1) is 14.0. The first-order valence-electron chi connectivity index (χ1n) is 9.44. The van der Waals surface area contributed by atoms with E-state index in [4.69, 9.17) is 11.6 Å². The maximum Gasteiger partial charge on any atom is 0.240 e. The van der Waals surface area contributed by atoms with Gasteiger partial charge in [0.05, 0.1) is 11.4 Å². The number of nitrogens with one attached hydrogen (secondary N) is 1. The summed E-state index contributed by atoms with van der Waals surface area (Å²) in [6.45, 7) is 3.38. The summed E-state index contributed by atoms with van der Waals surface area (Å²) >= 11 is 5.96. The molecule has 29 heavy (non-hydrogen) atoms. The first-order valence-corrected chi connectivity index (χ1v) is 11.3. The molecule has 7 nitrogen and oxygen atoms in total. The second-order valence-electron chi connectivity index (χ2n) is 6.97. The molecule has 152 valence electrons. The Hall–Kier alpha value is -2.26. The van der Waals surface area contributed by atoms with E-state index in [9.17, 15) is 8.42 Å². The highest BCUT2D eigenvalue weighted by Gasteiger charge is 2.20. The van der Waals surface area contributed by atoms with Crippen LogP contribution in [0.5, 0.6) is 0 Å². The molecule has 3 aromatic rings. The zero-order valence-corrected chi connectivity index (χ0v) is 17.4. The monoisotopic (exact) mass is 431 g/mol. The van der Waals surface area contributed by atoms with Gasteiger partial charge in [0.25, 0.3) is 0 Å². The third-order valence-corrected chi connectivity index (χ3v) is 6.66. The number of sulfonamides is 1. The molecule has 0 saturated carbocycles. The van der Waals surface area contributed by atoms with E-state index in [2.05, 4.69) is 19.8 Å². The maximum atomic E-state index is 12.5.